The number of rotatable bonds is 9. The van der Waals surface area contributed by atoms with E-state index in [2.05, 4.69) is 5.10 Å². The van der Waals surface area contributed by atoms with Crippen LogP contribution >= 0.6 is 0 Å². The fourth-order valence-electron chi connectivity index (χ4n) is 4.11. The third kappa shape index (κ3) is 5.61. The molecule has 0 aliphatic carbocycles. The molecule has 0 amide bonds. The zero-order valence-corrected chi connectivity index (χ0v) is 21.7. The number of methoxy groups -OCH3 is 1. The number of non-ortho nitro benzene ring substituents is 1. The first-order valence-corrected chi connectivity index (χ1v) is 12.0. The molecule has 0 atom stereocenters. The first-order chi connectivity index (χ1) is 18.6. The van der Waals surface area contributed by atoms with Gasteiger partial charge in [-0.1, -0.05) is 26.0 Å². The number of carboxylic acids is 1. The van der Waals surface area contributed by atoms with Crippen molar-refractivity contribution in [1.82, 2.24) is 9.66 Å². The molecule has 1 N–H and O–H groups in total. The summed E-state index contributed by atoms with van der Waals surface area (Å²) in [6.07, 6.45) is 1.22. The first kappa shape index (κ1) is 27.0. The van der Waals surface area contributed by atoms with Gasteiger partial charge < -0.3 is 14.6 Å². The summed E-state index contributed by atoms with van der Waals surface area (Å²) in [5, 5.41) is 25.1. The summed E-state index contributed by atoms with van der Waals surface area (Å²) in [5.41, 5.74) is 2.25. The Morgan fingerprint density at radius 3 is 2.59 bits per heavy atom. The Bertz CT molecular complexity index is 1680. The predicted octanol–water partition coefficient (Wildman–Crippen LogP) is 4.76. The highest BCUT2D eigenvalue weighted by atomic mass is 16.6. The van der Waals surface area contributed by atoms with Gasteiger partial charge in [-0.15, -0.1) is 0 Å². The van der Waals surface area contributed by atoms with Gasteiger partial charge in [0.15, 0.2) is 12.4 Å². The number of aromatic nitrogens is 2. The van der Waals surface area contributed by atoms with Crippen molar-refractivity contribution in [3.05, 3.63) is 91.8 Å². The van der Waals surface area contributed by atoms with Crippen LogP contribution in [0.3, 0.4) is 0 Å². The Morgan fingerprint density at radius 2 is 1.92 bits per heavy atom. The number of hydrogen-bond acceptors (Lipinski definition) is 8. The molecule has 4 rings (SSSR count). The first-order valence-electron chi connectivity index (χ1n) is 12.0. The van der Waals surface area contributed by atoms with E-state index in [1.807, 2.05) is 32.9 Å². The number of fused-ring (bicyclic) bond motifs is 1. The van der Waals surface area contributed by atoms with Gasteiger partial charge in [0.1, 0.15) is 11.5 Å². The van der Waals surface area contributed by atoms with Crippen molar-refractivity contribution in [2.24, 2.45) is 5.10 Å². The third-order valence-electron chi connectivity index (χ3n) is 6.06. The van der Waals surface area contributed by atoms with E-state index < -0.39 is 23.1 Å². The zero-order valence-electron chi connectivity index (χ0n) is 21.7. The second-order valence-electron chi connectivity index (χ2n) is 9.04. The van der Waals surface area contributed by atoms with Gasteiger partial charge in [-0.2, -0.15) is 9.78 Å². The van der Waals surface area contributed by atoms with Crippen LogP contribution in [0.25, 0.3) is 22.3 Å². The average molecular weight is 531 g/mol. The molecule has 3 aromatic carbocycles. The van der Waals surface area contributed by atoms with E-state index in [1.54, 1.807) is 31.4 Å². The molecule has 0 saturated heterocycles. The van der Waals surface area contributed by atoms with Gasteiger partial charge in [0.25, 0.3) is 11.2 Å². The number of nitro groups is 1. The Labute approximate surface area is 223 Å². The minimum Gasteiger partial charge on any atom is -0.496 e. The summed E-state index contributed by atoms with van der Waals surface area (Å²) in [5.74, 6) is -0.0823. The van der Waals surface area contributed by atoms with E-state index in [9.17, 15) is 19.7 Å². The number of para-hydroxylation sites is 1. The van der Waals surface area contributed by atoms with E-state index in [-0.39, 0.29) is 28.7 Å². The number of aliphatic carboxylic acids is 1. The maximum absolute atomic E-state index is 13.6. The van der Waals surface area contributed by atoms with Crippen molar-refractivity contribution in [3.63, 3.8) is 0 Å². The smallest absolute Gasteiger partial charge is 0.341 e. The topological polar surface area (TPSA) is 146 Å². The molecule has 0 fully saturated rings. The van der Waals surface area contributed by atoms with E-state index in [0.717, 1.165) is 15.8 Å². The van der Waals surface area contributed by atoms with Crippen molar-refractivity contribution >= 4 is 28.8 Å². The van der Waals surface area contributed by atoms with Crippen LogP contribution in [0.4, 0.5) is 5.69 Å². The molecule has 4 aromatic rings. The summed E-state index contributed by atoms with van der Waals surface area (Å²) in [4.78, 5) is 40.2. The van der Waals surface area contributed by atoms with Crippen molar-refractivity contribution in [3.8, 4) is 22.9 Å². The highest BCUT2D eigenvalue weighted by Crippen LogP contribution is 2.34. The van der Waals surface area contributed by atoms with Crippen LogP contribution in [0.15, 0.2) is 64.5 Å². The molecule has 0 aliphatic heterocycles. The molecule has 1 aromatic heterocycles. The van der Waals surface area contributed by atoms with Crippen LogP contribution in [-0.4, -0.2) is 45.6 Å². The Kier molecular flexibility index (Phi) is 7.70. The molecule has 0 bridgehead atoms. The average Bonchev–Trinajstić information content (AvgIpc) is 2.91. The normalized spacial score (nSPS) is 11.3. The van der Waals surface area contributed by atoms with Crippen LogP contribution < -0.4 is 15.0 Å². The number of nitro benzene ring substituents is 1. The molecule has 11 nitrogen and oxygen atoms in total. The summed E-state index contributed by atoms with van der Waals surface area (Å²) in [6, 6.07) is 14.3. The lowest BCUT2D eigenvalue weighted by Gasteiger charge is -2.17. The summed E-state index contributed by atoms with van der Waals surface area (Å²) in [6.45, 7) is 5.26. The number of carboxylic acid groups (broad SMARTS) is 1. The summed E-state index contributed by atoms with van der Waals surface area (Å²) in [7, 11) is 1.60. The molecular weight excluding hydrogens is 504 g/mol. The van der Waals surface area contributed by atoms with E-state index in [4.69, 9.17) is 19.6 Å². The van der Waals surface area contributed by atoms with Gasteiger partial charge in [-0.25, -0.2) is 9.78 Å². The third-order valence-corrected chi connectivity index (χ3v) is 6.06. The Balaban J connectivity index is 1.96. The molecule has 0 saturated carbocycles. The SMILES string of the molecule is COc1cc(C)c(-c2nc3ccccc3c(=O)n2N=Cc2cc([N+](=O)[O-])ccc2OCC(=O)O)cc1C(C)C. The van der Waals surface area contributed by atoms with Gasteiger partial charge >= 0.3 is 5.97 Å². The van der Waals surface area contributed by atoms with Crippen molar-refractivity contribution in [1.29, 1.82) is 0 Å². The van der Waals surface area contributed by atoms with Crippen molar-refractivity contribution in [2.75, 3.05) is 13.7 Å². The van der Waals surface area contributed by atoms with Gasteiger partial charge in [-0.05, 0) is 54.3 Å². The second kappa shape index (κ2) is 11.1. The number of hydrogen-bond donors (Lipinski definition) is 1. The maximum atomic E-state index is 13.6. The molecule has 1 heterocycles. The maximum Gasteiger partial charge on any atom is 0.341 e. The van der Waals surface area contributed by atoms with E-state index in [0.29, 0.717) is 22.2 Å². The fraction of sp³-hybridized carbons (Fsp3) is 0.214. The zero-order chi connectivity index (χ0) is 28.3. The van der Waals surface area contributed by atoms with Gasteiger partial charge in [0.05, 0.1) is 29.2 Å². The lowest BCUT2D eigenvalue weighted by atomic mass is 9.96. The lowest BCUT2D eigenvalue weighted by molar-refractivity contribution is -0.384. The second-order valence-corrected chi connectivity index (χ2v) is 9.04. The van der Waals surface area contributed by atoms with Gasteiger partial charge in [0.2, 0.25) is 0 Å². The minimum atomic E-state index is -1.22. The Hall–Kier alpha value is -5.06. The molecular formula is C28H26N4O7. The quantitative estimate of drug-likeness (QED) is 0.185. The summed E-state index contributed by atoms with van der Waals surface area (Å²) >= 11 is 0. The van der Waals surface area contributed by atoms with Crippen molar-refractivity contribution < 1.29 is 24.3 Å². The van der Waals surface area contributed by atoms with E-state index >= 15 is 0 Å². The standard InChI is InChI=1S/C28H26N4O7/c1-16(2)21-13-22(17(3)11-25(21)38-4)27-30-23-8-6-5-7-20(23)28(35)31(27)29-14-18-12-19(32(36)37)9-10-24(18)39-15-26(33)34/h5-14,16H,15H2,1-4H3,(H,33,34). The molecule has 11 heteroatoms. The molecule has 0 unspecified atom stereocenters. The van der Waals surface area contributed by atoms with Crippen LogP contribution in [0.1, 0.15) is 36.5 Å². The monoisotopic (exact) mass is 530 g/mol. The number of carbonyl (C=O) groups is 1. The predicted molar refractivity (Wildman–Crippen MR) is 146 cm³/mol. The fourth-order valence-corrected chi connectivity index (χ4v) is 4.11. The number of benzene rings is 3. The van der Waals surface area contributed by atoms with Crippen LogP contribution in [0, 0.1) is 17.0 Å². The lowest BCUT2D eigenvalue weighted by Crippen LogP contribution is -2.21. The highest BCUT2D eigenvalue weighted by molar-refractivity contribution is 5.86. The molecule has 0 radical (unpaired) electrons. The summed E-state index contributed by atoms with van der Waals surface area (Å²) < 4.78 is 12.0. The van der Waals surface area contributed by atoms with E-state index in [1.165, 1.54) is 24.4 Å². The van der Waals surface area contributed by atoms with Crippen LogP contribution in [0.2, 0.25) is 0 Å². The highest BCUT2D eigenvalue weighted by Gasteiger charge is 2.19. The molecule has 200 valence electrons. The Morgan fingerprint density at radius 1 is 1.18 bits per heavy atom. The number of ether oxygens (including phenoxy) is 2. The van der Waals surface area contributed by atoms with Gasteiger partial charge in [0, 0.05) is 23.3 Å². The largest absolute Gasteiger partial charge is 0.496 e. The van der Waals surface area contributed by atoms with Crippen LogP contribution in [-0.2, 0) is 4.79 Å². The number of aryl methyl sites for hydroxylation is 1. The molecule has 39 heavy (non-hydrogen) atoms. The van der Waals surface area contributed by atoms with Crippen molar-refractivity contribution in [2.45, 2.75) is 26.7 Å². The van der Waals surface area contributed by atoms with Crippen LogP contribution in [0.5, 0.6) is 11.5 Å². The molecule has 0 aliphatic rings. The minimum absolute atomic E-state index is 0.0535. The molecule has 0 spiro atoms. The number of nitrogens with zero attached hydrogens (tertiary/aromatic N) is 4. The van der Waals surface area contributed by atoms with Gasteiger partial charge in [-0.3, -0.25) is 14.9 Å².